The molecule has 0 aliphatic carbocycles. The molecule has 0 spiro atoms. The maximum absolute atomic E-state index is 12.3. The largest absolute Gasteiger partial charge is 0.487 e. The summed E-state index contributed by atoms with van der Waals surface area (Å²) >= 11 is 0. The minimum absolute atomic E-state index is 0.0818. The molecular formula is C24H25N3O3. The van der Waals surface area contributed by atoms with Crippen molar-refractivity contribution in [3.05, 3.63) is 90.0 Å². The van der Waals surface area contributed by atoms with Gasteiger partial charge in [-0.1, -0.05) is 42.5 Å². The van der Waals surface area contributed by atoms with E-state index in [1.807, 2.05) is 54.6 Å². The van der Waals surface area contributed by atoms with E-state index in [-0.39, 0.29) is 18.4 Å². The van der Waals surface area contributed by atoms with E-state index in [1.54, 1.807) is 38.4 Å². The zero-order valence-electron chi connectivity index (χ0n) is 17.1. The lowest BCUT2D eigenvalue weighted by Crippen LogP contribution is -2.23. The molecule has 0 saturated heterocycles. The Morgan fingerprint density at radius 3 is 2.23 bits per heavy atom. The molecule has 6 heteroatoms. The minimum Gasteiger partial charge on any atom is -0.487 e. The normalized spacial score (nSPS) is 10.2. The quantitative estimate of drug-likeness (QED) is 0.596. The van der Waals surface area contributed by atoms with Gasteiger partial charge in [-0.3, -0.25) is 9.59 Å². The smallest absolute Gasteiger partial charge is 0.253 e. The first kappa shape index (κ1) is 20.9. The van der Waals surface area contributed by atoms with Crippen LogP contribution in [0.1, 0.15) is 15.9 Å². The van der Waals surface area contributed by atoms with Crippen LogP contribution in [0.5, 0.6) is 5.75 Å². The van der Waals surface area contributed by atoms with Crippen LogP contribution in [0.4, 0.5) is 11.4 Å². The highest BCUT2D eigenvalue weighted by atomic mass is 16.5. The fourth-order valence-electron chi connectivity index (χ4n) is 2.81. The summed E-state index contributed by atoms with van der Waals surface area (Å²) in [5.41, 5.74) is 3.02. The maximum Gasteiger partial charge on any atom is 0.253 e. The number of carbonyl (C=O) groups excluding carboxylic acids is 2. The van der Waals surface area contributed by atoms with Gasteiger partial charge in [-0.15, -0.1) is 0 Å². The van der Waals surface area contributed by atoms with Crippen molar-refractivity contribution in [1.29, 1.82) is 0 Å². The van der Waals surface area contributed by atoms with Gasteiger partial charge in [-0.2, -0.15) is 0 Å². The lowest BCUT2D eigenvalue weighted by atomic mass is 10.2. The Labute approximate surface area is 176 Å². The van der Waals surface area contributed by atoms with E-state index in [9.17, 15) is 9.59 Å². The summed E-state index contributed by atoms with van der Waals surface area (Å²) in [4.78, 5) is 25.8. The number of anilines is 2. The molecule has 3 aromatic rings. The van der Waals surface area contributed by atoms with Crippen LogP contribution in [0.3, 0.4) is 0 Å². The second-order valence-electron chi connectivity index (χ2n) is 6.95. The van der Waals surface area contributed by atoms with Crippen LogP contribution in [-0.4, -0.2) is 37.4 Å². The first-order valence-electron chi connectivity index (χ1n) is 9.64. The number of hydrogen-bond donors (Lipinski definition) is 2. The first-order chi connectivity index (χ1) is 14.5. The molecule has 30 heavy (non-hydrogen) atoms. The minimum atomic E-state index is -0.195. The van der Waals surface area contributed by atoms with Crippen LogP contribution in [0.25, 0.3) is 0 Å². The van der Waals surface area contributed by atoms with Crippen molar-refractivity contribution in [2.45, 2.75) is 6.61 Å². The Morgan fingerprint density at radius 2 is 1.53 bits per heavy atom. The molecule has 0 aliphatic heterocycles. The van der Waals surface area contributed by atoms with Crippen LogP contribution in [-0.2, 0) is 11.4 Å². The maximum atomic E-state index is 12.3. The predicted molar refractivity (Wildman–Crippen MR) is 119 cm³/mol. The lowest BCUT2D eigenvalue weighted by molar-refractivity contribution is -0.114. The summed E-state index contributed by atoms with van der Waals surface area (Å²) < 4.78 is 5.90. The summed E-state index contributed by atoms with van der Waals surface area (Å²) in [7, 11) is 3.40. The van der Waals surface area contributed by atoms with Crippen LogP contribution in [0.15, 0.2) is 78.9 Å². The third-order valence-electron chi connectivity index (χ3n) is 4.39. The number of para-hydroxylation sites is 2. The molecule has 154 valence electrons. The zero-order valence-corrected chi connectivity index (χ0v) is 17.1. The third kappa shape index (κ3) is 5.85. The number of amides is 2. The summed E-state index contributed by atoms with van der Waals surface area (Å²) in [6.45, 7) is 0.536. The number of hydrogen-bond acceptors (Lipinski definition) is 4. The monoisotopic (exact) mass is 403 g/mol. The van der Waals surface area contributed by atoms with Gasteiger partial charge < -0.3 is 20.3 Å². The van der Waals surface area contributed by atoms with Crippen molar-refractivity contribution < 1.29 is 14.3 Å². The molecule has 3 aromatic carbocycles. The molecule has 0 unspecified atom stereocenters. The van der Waals surface area contributed by atoms with E-state index in [2.05, 4.69) is 10.6 Å². The van der Waals surface area contributed by atoms with Crippen molar-refractivity contribution >= 4 is 23.2 Å². The number of ether oxygens (including phenoxy) is 1. The topological polar surface area (TPSA) is 70.7 Å². The third-order valence-corrected chi connectivity index (χ3v) is 4.39. The van der Waals surface area contributed by atoms with E-state index >= 15 is 0 Å². The average Bonchev–Trinajstić information content (AvgIpc) is 2.77. The molecule has 0 saturated carbocycles. The van der Waals surface area contributed by atoms with E-state index in [4.69, 9.17) is 4.74 Å². The van der Waals surface area contributed by atoms with E-state index in [0.717, 1.165) is 11.3 Å². The highest BCUT2D eigenvalue weighted by molar-refractivity contribution is 5.96. The Hall–Kier alpha value is -3.80. The second kappa shape index (κ2) is 10.1. The van der Waals surface area contributed by atoms with Gasteiger partial charge in [-0.05, 0) is 42.0 Å². The molecule has 6 nitrogen and oxygen atoms in total. The van der Waals surface area contributed by atoms with E-state index < -0.39 is 0 Å². The number of carbonyl (C=O) groups is 2. The molecule has 0 heterocycles. The van der Waals surface area contributed by atoms with Gasteiger partial charge in [0.15, 0.2) is 0 Å². The molecule has 0 aliphatic rings. The van der Waals surface area contributed by atoms with Crippen molar-refractivity contribution in [2.75, 3.05) is 31.3 Å². The molecule has 0 radical (unpaired) electrons. The van der Waals surface area contributed by atoms with Gasteiger partial charge in [0.2, 0.25) is 5.91 Å². The molecule has 3 rings (SSSR count). The van der Waals surface area contributed by atoms with E-state index in [1.165, 1.54) is 4.90 Å². The summed E-state index contributed by atoms with van der Waals surface area (Å²) in [6, 6.07) is 24.2. The van der Waals surface area contributed by atoms with Gasteiger partial charge in [0.05, 0.1) is 12.2 Å². The summed E-state index contributed by atoms with van der Waals surface area (Å²) in [5, 5.41) is 5.93. The lowest BCUT2D eigenvalue weighted by Gasteiger charge is -2.14. The van der Waals surface area contributed by atoms with Gasteiger partial charge in [0.25, 0.3) is 5.91 Å². The molecule has 0 fully saturated rings. The van der Waals surface area contributed by atoms with E-state index in [0.29, 0.717) is 23.6 Å². The summed E-state index contributed by atoms with van der Waals surface area (Å²) in [5.74, 6) is 0.405. The number of rotatable bonds is 8. The molecule has 0 atom stereocenters. The van der Waals surface area contributed by atoms with Crippen LogP contribution in [0.2, 0.25) is 0 Å². The van der Waals surface area contributed by atoms with Crippen molar-refractivity contribution in [3.8, 4) is 5.75 Å². The number of benzene rings is 3. The fraction of sp³-hybridized carbons (Fsp3) is 0.167. The van der Waals surface area contributed by atoms with Gasteiger partial charge in [-0.25, -0.2) is 0 Å². The molecule has 0 aromatic heterocycles. The zero-order chi connectivity index (χ0) is 21.3. The summed E-state index contributed by atoms with van der Waals surface area (Å²) in [6.07, 6.45) is 0. The predicted octanol–water partition coefficient (Wildman–Crippen LogP) is 4.02. The van der Waals surface area contributed by atoms with Gasteiger partial charge in [0, 0.05) is 25.3 Å². The van der Waals surface area contributed by atoms with Crippen LogP contribution >= 0.6 is 0 Å². The number of nitrogens with one attached hydrogen (secondary N) is 2. The highest BCUT2D eigenvalue weighted by Crippen LogP contribution is 2.24. The molecular weight excluding hydrogens is 378 g/mol. The molecule has 0 bridgehead atoms. The first-order valence-corrected chi connectivity index (χ1v) is 9.64. The Bertz CT molecular complexity index is 986. The van der Waals surface area contributed by atoms with Crippen molar-refractivity contribution in [3.63, 3.8) is 0 Å². The Morgan fingerprint density at radius 1 is 0.867 bits per heavy atom. The standard InChI is InChI=1S/C24H25N3O3/c1-27(2)24(29)19-12-14-20(15-13-19)26-23(28)16-25-21-10-6-7-11-22(21)30-17-18-8-4-3-5-9-18/h3-15,25H,16-17H2,1-2H3,(H,26,28). The SMILES string of the molecule is CN(C)C(=O)c1ccc(NC(=O)CNc2ccccc2OCc2ccccc2)cc1. The fourth-order valence-corrected chi connectivity index (χ4v) is 2.81. The molecule has 2 N–H and O–H groups in total. The number of nitrogens with zero attached hydrogens (tertiary/aromatic N) is 1. The van der Waals surface area contributed by atoms with Crippen molar-refractivity contribution in [2.24, 2.45) is 0 Å². The van der Waals surface area contributed by atoms with Gasteiger partial charge in [0.1, 0.15) is 12.4 Å². The second-order valence-corrected chi connectivity index (χ2v) is 6.95. The van der Waals surface area contributed by atoms with Crippen LogP contribution < -0.4 is 15.4 Å². The van der Waals surface area contributed by atoms with Crippen LogP contribution in [0, 0.1) is 0 Å². The van der Waals surface area contributed by atoms with Crippen molar-refractivity contribution in [1.82, 2.24) is 4.90 Å². The average molecular weight is 403 g/mol. The van der Waals surface area contributed by atoms with Gasteiger partial charge >= 0.3 is 0 Å². The Kier molecular flexibility index (Phi) is 7.05. The Balaban J connectivity index is 1.54. The molecule has 2 amide bonds. The highest BCUT2D eigenvalue weighted by Gasteiger charge is 2.09.